The van der Waals surface area contributed by atoms with Crippen molar-refractivity contribution in [2.24, 2.45) is 5.84 Å². The molecule has 9 heteroatoms. The molecule has 0 bridgehead atoms. The maximum absolute atomic E-state index is 11.9. The Labute approximate surface area is 112 Å². The van der Waals surface area contributed by atoms with Gasteiger partial charge in [0.05, 0.1) is 4.92 Å². The number of nitrogens with two attached hydrogens (primary N) is 1. The molecule has 0 unspecified atom stereocenters. The predicted octanol–water partition coefficient (Wildman–Crippen LogP) is 1.43. The third-order valence-corrected chi connectivity index (χ3v) is 2.48. The highest BCUT2D eigenvalue weighted by atomic mass is 16.6. The van der Waals surface area contributed by atoms with Crippen LogP contribution in [0.3, 0.4) is 0 Å². The number of hydrogen-bond donors (Lipinski definition) is 3. The molecule has 0 saturated heterocycles. The second-order valence-corrected chi connectivity index (χ2v) is 3.91. The van der Waals surface area contributed by atoms with Gasteiger partial charge < -0.3 is 15.3 Å². The molecule has 1 heterocycles. The first-order chi connectivity index (χ1) is 9.51. The summed E-state index contributed by atoms with van der Waals surface area (Å²) >= 11 is 0. The quantitative estimate of drug-likeness (QED) is 0.436. The van der Waals surface area contributed by atoms with E-state index in [1.165, 1.54) is 18.2 Å². The number of carbonyl (C=O) groups excluding carboxylic acids is 1. The van der Waals surface area contributed by atoms with Gasteiger partial charge in [-0.05, 0) is 19.1 Å². The number of carbonyl (C=O) groups is 1. The first-order valence-electron chi connectivity index (χ1n) is 5.51. The minimum absolute atomic E-state index is 0.108. The number of rotatable bonds is 4. The number of aromatic nitrogens is 1. The van der Waals surface area contributed by atoms with E-state index < -0.39 is 10.8 Å². The zero-order valence-electron chi connectivity index (χ0n) is 10.4. The fraction of sp³-hybridized carbons (Fsp3) is 0.0909. The topological polar surface area (TPSA) is 136 Å². The van der Waals surface area contributed by atoms with Crippen LogP contribution in [0.5, 0.6) is 0 Å². The Balaban J connectivity index is 2.26. The van der Waals surface area contributed by atoms with Gasteiger partial charge in [0.2, 0.25) is 0 Å². The maximum atomic E-state index is 11.9. The first-order valence-corrected chi connectivity index (χ1v) is 5.51. The van der Waals surface area contributed by atoms with Crippen molar-refractivity contribution in [3.8, 4) is 0 Å². The Kier molecular flexibility index (Phi) is 3.62. The molecule has 0 radical (unpaired) electrons. The normalized spacial score (nSPS) is 10.1. The third-order valence-electron chi connectivity index (χ3n) is 2.48. The van der Waals surface area contributed by atoms with Crippen molar-refractivity contribution in [1.29, 1.82) is 0 Å². The van der Waals surface area contributed by atoms with Gasteiger partial charge in [-0.25, -0.2) is 0 Å². The first kappa shape index (κ1) is 13.5. The Morgan fingerprint density at radius 1 is 1.45 bits per heavy atom. The largest absolute Gasteiger partial charge is 0.360 e. The highest BCUT2D eigenvalue weighted by Gasteiger charge is 2.17. The minimum atomic E-state index is -0.633. The highest BCUT2D eigenvalue weighted by Crippen LogP contribution is 2.25. The molecule has 0 aliphatic carbocycles. The summed E-state index contributed by atoms with van der Waals surface area (Å²) in [6.07, 6.45) is 0. The minimum Gasteiger partial charge on any atom is -0.360 e. The molecule has 0 aliphatic rings. The van der Waals surface area contributed by atoms with Crippen molar-refractivity contribution in [2.45, 2.75) is 6.92 Å². The molecule has 1 aromatic carbocycles. The molecule has 0 atom stereocenters. The van der Waals surface area contributed by atoms with Crippen molar-refractivity contribution in [3.05, 3.63) is 45.7 Å². The van der Waals surface area contributed by atoms with Crippen LogP contribution in [0.15, 0.2) is 28.8 Å². The van der Waals surface area contributed by atoms with Crippen LogP contribution in [0.25, 0.3) is 0 Å². The number of nitro groups is 1. The van der Waals surface area contributed by atoms with E-state index in [9.17, 15) is 14.9 Å². The summed E-state index contributed by atoms with van der Waals surface area (Å²) in [4.78, 5) is 22.2. The van der Waals surface area contributed by atoms with Gasteiger partial charge in [-0.3, -0.25) is 20.8 Å². The van der Waals surface area contributed by atoms with Crippen LogP contribution >= 0.6 is 0 Å². The van der Waals surface area contributed by atoms with Crippen LogP contribution in [0.1, 0.15) is 16.1 Å². The number of nitro benzene ring substituents is 1. The lowest BCUT2D eigenvalue weighted by molar-refractivity contribution is -0.384. The molecule has 1 aromatic heterocycles. The zero-order chi connectivity index (χ0) is 14.7. The fourth-order valence-corrected chi connectivity index (χ4v) is 1.56. The molecular formula is C11H11N5O4. The van der Waals surface area contributed by atoms with E-state index in [1.54, 1.807) is 6.92 Å². The van der Waals surface area contributed by atoms with Gasteiger partial charge in [0.25, 0.3) is 11.6 Å². The van der Waals surface area contributed by atoms with Crippen LogP contribution in [-0.2, 0) is 0 Å². The van der Waals surface area contributed by atoms with Gasteiger partial charge in [0.1, 0.15) is 11.4 Å². The third kappa shape index (κ3) is 2.72. The molecular weight excluding hydrogens is 266 g/mol. The van der Waals surface area contributed by atoms with Gasteiger partial charge in [0.15, 0.2) is 5.82 Å². The standard InChI is InChI=1S/C11H11N5O4/c1-6-4-10(15-20-6)13-11(17)7-2-3-8(14-12)9(5-7)16(18)19/h2-5,14H,12H2,1H3,(H,13,15,17). The molecule has 104 valence electrons. The van der Waals surface area contributed by atoms with E-state index >= 15 is 0 Å². The van der Waals surface area contributed by atoms with Gasteiger partial charge >= 0.3 is 0 Å². The molecule has 0 spiro atoms. The monoisotopic (exact) mass is 277 g/mol. The Morgan fingerprint density at radius 3 is 2.75 bits per heavy atom. The molecule has 4 N–H and O–H groups in total. The average molecular weight is 277 g/mol. The summed E-state index contributed by atoms with van der Waals surface area (Å²) in [6.45, 7) is 1.68. The van der Waals surface area contributed by atoms with E-state index in [0.29, 0.717) is 5.76 Å². The van der Waals surface area contributed by atoms with Crippen LogP contribution < -0.4 is 16.6 Å². The van der Waals surface area contributed by atoms with Crippen LogP contribution in [0.2, 0.25) is 0 Å². The van der Waals surface area contributed by atoms with Crippen molar-refractivity contribution in [1.82, 2.24) is 5.16 Å². The van der Waals surface area contributed by atoms with Crippen molar-refractivity contribution in [3.63, 3.8) is 0 Å². The predicted molar refractivity (Wildman–Crippen MR) is 70.1 cm³/mol. The van der Waals surface area contributed by atoms with Crippen LogP contribution in [0.4, 0.5) is 17.2 Å². The zero-order valence-corrected chi connectivity index (χ0v) is 10.4. The molecule has 0 fully saturated rings. The van der Waals surface area contributed by atoms with E-state index in [1.807, 2.05) is 0 Å². The van der Waals surface area contributed by atoms with E-state index in [-0.39, 0.29) is 22.8 Å². The summed E-state index contributed by atoms with van der Waals surface area (Å²) in [5.74, 6) is 5.40. The maximum Gasteiger partial charge on any atom is 0.294 e. The molecule has 0 aliphatic heterocycles. The molecule has 9 nitrogen and oxygen atoms in total. The number of benzene rings is 1. The number of nitrogen functional groups attached to an aromatic ring is 1. The summed E-state index contributed by atoms with van der Waals surface area (Å²) in [6, 6.07) is 5.41. The van der Waals surface area contributed by atoms with Crippen molar-refractivity contribution >= 4 is 23.1 Å². The molecule has 0 saturated carbocycles. The molecule has 2 aromatic rings. The van der Waals surface area contributed by atoms with Crippen LogP contribution in [-0.4, -0.2) is 16.0 Å². The number of amides is 1. The number of hydrazine groups is 1. The van der Waals surface area contributed by atoms with Gasteiger partial charge in [0, 0.05) is 17.7 Å². The molecule has 20 heavy (non-hydrogen) atoms. The average Bonchev–Trinajstić information content (AvgIpc) is 2.83. The lowest BCUT2D eigenvalue weighted by Gasteiger charge is -2.05. The summed E-state index contributed by atoms with van der Waals surface area (Å²) in [7, 11) is 0. The Bertz CT molecular complexity index is 667. The number of anilines is 2. The Morgan fingerprint density at radius 2 is 2.20 bits per heavy atom. The number of nitrogens with zero attached hydrogens (tertiary/aromatic N) is 2. The fourth-order valence-electron chi connectivity index (χ4n) is 1.56. The summed E-state index contributed by atoms with van der Waals surface area (Å²) in [5, 5.41) is 16.9. The van der Waals surface area contributed by atoms with Gasteiger partial charge in [-0.1, -0.05) is 5.16 Å². The smallest absolute Gasteiger partial charge is 0.294 e. The number of hydrogen-bond acceptors (Lipinski definition) is 7. The summed E-state index contributed by atoms with van der Waals surface area (Å²) in [5.41, 5.74) is 2.12. The SMILES string of the molecule is Cc1cc(NC(=O)c2ccc(NN)c([N+](=O)[O-])c2)no1. The highest BCUT2D eigenvalue weighted by molar-refractivity contribution is 6.04. The number of nitrogens with one attached hydrogen (secondary N) is 2. The van der Waals surface area contributed by atoms with Gasteiger partial charge in [-0.15, -0.1) is 0 Å². The van der Waals surface area contributed by atoms with Crippen molar-refractivity contribution in [2.75, 3.05) is 10.7 Å². The summed E-state index contributed by atoms with van der Waals surface area (Å²) < 4.78 is 4.80. The number of aryl methyl sites for hydroxylation is 1. The molecule has 1 amide bonds. The second kappa shape index (κ2) is 5.36. The van der Waals surface area contributed by atoms with Gasteiger partial charge in [-0.2, -0.15) is 0 Å². The second-order valence-electron chi connectivity index (χ2n) is 3.91. The Hall–Kier alpha value is -2.94. The van der Waals surface area contributed by atoms with E-state index in [0.717, 1.165) is 6.07 Å². The van der Waals surface area contributed by atoms with Crippen molar-refractivity contribution < 1.29 is 14.2 Å². The lowest BCUT2D eigenvalue weighted by atomic mass is 10.1. The van der Waals surface area contributed by atoms with E-state index in [4.69, 9.17) is 10.4 Å². The lowest BCUT2D eigenvalue weighted by Crippen LogP contribution is -2.14. The molecule has 2 rings (SSSR count). The van der Waals surface area contributed by atoms with E-state index in [2.05, 4.69) is 15.9 Å². The van der Waals surface area contributed by atoms with Crippen LogP contribution in [0, 0.1) is 17.0 Å².